The van der Waals surface area contributed by atoms with Crippen LogP contribution in [0.1, 0.15) is 19.3 Å². The Labute approximate surface area is 104 Å². The summed E-state index contributed by atoms with van der Waals surface area (Å²) in [5.74, 6) is 0.873. The number of morpholine rings is 1. The maximum Gasteiger partial charge on any atom is 0.0731 e. The number of nitrogens with two attached hydrogens (primary N) is 1. The largest absolute Gasteiger partial charge is 0.375 e. The van der Waals surface area contributed by atoms with Gasteiger partial charge in [0.2, 0.25) is 0 Å². The van der Waals surface area contributed by atoms with E-state index in [-0.39, 0.29) is 24.8 Å². The fourth-order valence-electron chi connectivity index (χ4n) is 2.69. The molecule has 3 nitrogen and oxygen atoms in total. The maximum absolute atomic E-state index is 5.93. The summed E-state index contributed by atoms with van der Waals surface area (Å²) in [6.07, 6.45) is 4.43. The number of rotatable bonds is 1. The van der Waals surface area contributed by atoms with Crippen LogP contribution in [-0.2, 0) is 4.74 Å². The van der Waals surface area contributed by atoms with Crippen molar-refractivity contribution in [2.45, 2.75) is 37.5 Å². The van der Waals surface area contributed by atoms with Gasteiger partial charge in [-0.1, -0.05) is 0 Å². The van der Waals surface area contributed by atoms with E-state index in [2.05, 4.69) is 4.90 Å². The molecule has 0 aromatic carbocycles. The lowest BCUT2D eigenvalue weighted by Crippen LogP contribution is -2.47. The van der Waals surface area contributed by atoms with Crippen molar-refractivity contribution in [2.75, 3.05) is 19.7 Å². The molecule has 5 heteroatoms. The van der Waals surface area contributed by atoms with Gasteiger partial charge in [0.1, 0.15) is 0 Å². The lowest BCUT2D eigenvalue weighted by Gasteiger charge is -2.35. The minimum atomic E-state index is 0. The van der Waals surface area contributed by atoms with Crippen LogP contribution < -0.4 is 5.73 Å². The second kappa shape index (κ2) is 5.19. The highest BCUT2D eigenvalue weighted by Gasteiger charge is 2.41. The zero-order valence-corrected chi connectivity index (χ0v) is 10.4. The van der Waals surface area contributed by atoms with E-state index in [0.29, 0.717) is 18.2 Å². The average Bonchev–Trinajstić information content (AvgIpc) is 2.87. The number of halogens is 2. The Hall–Kier alpha value is 0.460. The molecule has 0 unspecified atom stereocenters. The molecule has 0 radical (unpaired) electrons. The second-order valence-electron chi connectivity index (χ2n) is 4.81. The van der Waals surface area contributed by atoms with Gasteiger partial charge in [0.05, 0.1) is 12.7 Å². The number of nitrogens with zero attached hydrogens (tertiary/aromatic N) is 1. The molecule has 0 aromatic rings. The summed E-state index contributed by atoms with van der Waals surface area (Å²) in [4.78, 5) is 2.54. The predicted molar refractivity (Wildman–Crippen MR) is 64.9 cm³/mol. The highest BCUT2D eigenvalue weighted by Crippen LogP contribution is 2.37. The van der Waals surface area contributed by atoms with Crippen LogP contribution in [0.2, 0.25) is 0 Å². The van der Waals surface area contributed by atoms with Crippen molar-refractivity contribution in [2.24, 2.45) is 11.7 Å². The lowest BCUT2D eigenvalue weighted by molar-refractivity contribution is -0.0581. The molecule has 90 valence electrons. The summed E-state index contributed by atoms with van der Waals surface area (Å²) in [5.41, 5.74) is 5.93. The molecule has 15 heavy (non-hydrogen) atoms. The van der Waals surface area contributed by atoms with Crippen molar-refractivity contribution in [3.05, 3.63) is 0 Å². The fraction of sp³-hybridized carbons (Fsp3) is 1.00. The van der Waals surface area contributed by atoms with Crippen molar-refractivity contribution < 1.29 is 4.74 Å². The summed E-state index contributed by atoms with van der Waals surface area (Å²) in [7, 11) is 0. The summed E-state index contributed by atoms with van der Waals surface area (Å²) in [5, 5.41) is 0. The van der Waals surface area contributed by atoms with Gasteiger partial charge in [-0.15, -0.1) is 24.8 Å². The molecule has 2 aliphatic heterocycles. The van der Waals surface area contributed by atoms with Gasteiger partial charge in [-0.2, -0.15) is 0 Å². The molecule has 0 spiro atoms. The molecule has 0 bridgehead atoms. The third-order valence-electron chi connectivity index (χ3n) is 3.63. The zero-order chi connectivity index (χ0) is 8.84. The first-order chi connectivity index (χ1) is 6.33. The van der Waals surface area contributed by atoms with Crippen molar-refractivity contribution in [1.29, 1.82) is 0 Å². The Morgan fingerprint density at radius 3 is 2.53 bits per heavy atom. The first kappa shape index (κ1) is 13.5. The van der Waals surface area contributed by atoms with Crippen molar-refractivity contribution in [3.63, 3.8) is 0 Å². The van der Waals surface area contributed by atoms with Gasteiger partial charge in [0, 0.05) is 25.2 Å². The quantitative estimate of drug-likeness (QED) is 0.761. The summed E-state index contributed by atoms with van der Waals surface area (Å²) < 4.78 is 5.87. The van der Waals surface area contributed by atoms with Crippen LogP contribution in [0.4, 0.5) is 0 Å². The lowest BCUT2D eigenvalue weighted by atomic mass is 10.1. The predicted octanol–water partition coefficient (Wildman–Crippen LogP) is 1.04. The van der Waals surface area contributed by atoms with E-state index in [0.717, 1.165) is 32.0 Å². The second-order valence-corrected chi connectivity index (χ2v) is 4.81. The van der Waals surface area contributed by atoms with Gasteiger partial charge < -0.3 is 10.5 Å². The van der Waals surface area contributed by atoms with Crippen LogP contribution in [0.3, 0.4) is 0 Å². The third-order valence-corrected chi connectivity index (χ3v) is 3.63. The van der Waals surface area contributed by atoms with Gasteiger partial charge in [-0.3, -0.25) is 4.90 Å². The molecule has 2 heterocycles. The first-order valence-electron chi connectivity index (χ1n) is 5.44. The minimum Gasteiger partial charge on any atom is -0.375 e. The summed E-state index contributed by atoms with van der Waals surface area (Å²) in [6.45, 7) is 3.16. The van der Waals surface area contributed by atoms with Crippen LogP contribution >= 0.6 is 24.8 Å². The van der Waals surface area contributed by atoms with E-state index < -0.39 is 0 Å². The minimum absolute atomic E-state index is 0. The third kappa shape index (κ3) is 2.77. The normalized spacial score (nSPS) is 40.2. The van der Waals surface area contributed by atoms with E-state index in [1.165, 1.54) is 12.8 Å². The van der Waals surface area contributed by atoms with Crippen molar-refractivity contribution in [1.82, 2.24) is 4.90 Å². The van der Waals surface area contributed by atoms with Gasteiger partial charge in [-0.05, 0) is 25.2 Å². The van der Waals surface area contributed by atoms with Crippen LogP contribution in [-0.4, -0.2) is 42.8 Å². The topological polar surface area (TPSA) is 38.5 Å². The summed E-state index contributed by atoms with van der Waals surface area (Å²) in [6, 6.07) is 1.02. The Kier molecular flexibility index (Phi) is 4.68. The smallest absolute Gasteiger partial charge is 0.0731 e. The fourth-order valence-corrected chi connectivity index (χ4v) is 2.69. The Morgan fingerprint density at radius 2 is 1.87 bits per heavy atom. The molecule has 0 amide bonds. The molecular formula is C10H20Cl2N2O. The molecule has 3 aliphatic rings. The molecule has 0 aromatic heterocycles. The molecule has 2 saturated heterocycles. The SMILES string of the molecule is Cl.Cl.N[C@H]1C[C@H]2CO[C@@H](C3CC3)CN2C1. The molecule has 3 rings (SSSR count). The van der Waals surface area contributed by atoms with Gasteiger partial charge in [-0.25, -0.2) is 0 Å². The van der Waals surface area contributed by atoms with E-state index in [1.807, 2.05) is 0 Å². The van der Waals surface area contributed by atoms with Crippen LogP contribution in [0.15, 0.2) is 0 Å². The number of hydrogen-bond acceptors (Lipinski definition) is 3. The van der Waals surface area contributed by atoms with Gasteiger partial charge in [0.25, 0.3) is 0 Å². The Morgan fingerprint density at radius 1 is 1.13 bits per heavy atom. The van der Waals surface area contributed by atoms with Crippen molar-refractivity contribution >= 4 is 24.8 Å². The number of ether oxygens (including phenoxy) is 1. The maximum atomic E-state index is 5.93. The molecule has 1 saturated carbocycles. The molecule has 3 fully saturated rings. The van der Waals surface area contributed by atoms with Crippen LogP contribution in [0.25, 0.3) is 0 Å². The van der Waals surface area contributed by atoms with Crippen molar-refractivity contribution in [3.8, 4) is 0 Å². The average molecular weight is 255 g/mol. The van der Waals surface area contributed by atoms with Crippen LogP contribution in [0.5, 0.6) is 0 Å². The van der Waals surface area contributed by atoms with E-state index in [9.17, 15) is 0 Å². The molecule has 3 atom stereocenters. The molecule has 1 aliphatic carbocycles. The highest BCUT2D eigenvalue weighted by molar-refractivity contribution is 5.85. The Balaban J connectivity index is 0.000000562. The van der Waals surface area contributed by atoms with E-state index in [1.54, 1.807) is 0 Å². The zero-order valence-electron chi connectivity index (χ0n) is 8.80. The first-order valence-corrected chi connectivity index (χ1v) is 5.44. The number of hydrogen-bond donors (Lipinski definition) is 1. The van der Waals surface area contributed by atoms with Crippen LogP contribution in [0, 0.1) is 5.92 Å². The highest BCUT2D eigenvalue weighted by atomic mass is 35.5. The van der Waals surface area contributed by atoms with E-state index in [4.69, 9.17) is 10.5 Å². The van der Waals surface area contributed by atoms with E-state index >= 15 is 0 Å². The molecular weight excluding hydrogens is 235 g/mol. The Bertz CT molecular complexity index is 214. The monoisotopic (exact) mass is 254 g/mol. The standard InChI is InChI=1S/C10H18N2O.2ClH/c11-8-3-9-6-13-10(7-1-2-7)5-12(9)4-8;;/h7-10H,1-6,11H2;2*1H/t8-,9-,10+;;/m0../s1. The van der Waals surface area contributed by atoms with Gasteiger partial charge >= 0.3 is 0 Å². The molecule has 2 N–H and O–H groups in total. The van der Waals surface area contributed by atoms with Gasteiger partial charge in [0.15, 0.2) is 0 Å². The summed E-state index contributed by atoms with van der Waals surface area (Å²) >= 11 is 0. The number of fused-ring (bicyclic) bond motifs is 1.